The van der Waals surface area contributed by atoms with Crippen molar-refractivity contribution in [2.45, 2.75) is 6.42 Å². The number of rotatable bonds is 5. The Kier molecular flexibility index (Phi) is 4.90. The highest BCUT2D eigenvalue weighted by Crippen LogP contribution is 2.22. The lowest BCUT2D eigenvalue weighted by Crippen LogP contribution is -2.49. The molecule has 6 nitrogen and oxygen atoms in total. The first-order chi connectivity index (χ1) is 12.7. The number of amides is 1. The smallest absolute Gasteiger partial charge is 0.289 e. The van der Waals surface area contributed by atoms with Crippen LogP contribution in [0.1, 0.15) is 15.4 Å². The Bertz CT molecular complexity index is 860. The SMILES string of the molecule is Cn1cc(-c2ccc(C(=O)N3CCN(CCc4cccs4)CC3)o2)cn1. The number of carbonyl (C=O) groups excluding carboxylic acids is 1. The van der Waals surface area contributed by atoms with Crippen molar-refractivity contribution in [3.8, 4) is 11.3 Å². The molecule has 0 aromatic carbocycles. The number of aromatic nitrogens is 2. The summed E-state index contributed by atoms with van der Waals surface area (Å²) in [5.41, 5.74) is 0.880. The summed E-state index contributed by atoms with van der Waals surface area (Å²) >= 11 is 1.81. The van der Waals surface area contributed by atoms with Crippen molar-refractivity contribution in [3.63, 3.8) is 0 Å². The summed E-state index contributed by atoms with van der Waals surface area (Å²) in [5, 5.41) is 6.26. The Morgan fingerprint density at radius 3 is 2.77 bits per heavy atom. The Morgan fingerprint density at radius 1 is 1.23 bits per heavy atom. The number of carbonyl (C=O) groups is 1. The molecular weight excluding hydrogens is 348 g/mol. The third-order valence-electron chi connectivity index (χ3n) is 4.72. The fourth-order valence-corrected chi connectivity index (χ4v) is 3.91. The van der Waals surface area contributed by atoms with Gasteiger partial charge in [0.15, 0.2) is 5.76 Å². The minimum absolute atomic E-state index is 0.0296. The molecule has 0 N–H and O–H groups in total. The van der Waals surface area contributed by atoms with E-state index < -0.39 is 0 Å². The van der Waals surface area contributed by atoms with Crippen molar-refractivity contribution in [1.82, 2.24) is 19.6 Å². The summed E-state index contributed by atoms with van der Waals surface area (Å²) in [6.07, 6.45) is 4.69. The van der Waals surface area contributed by atoms with Gasteiger partial charge in [-0.2, -0.15) is 5.10 Å². The van der Waals surface area contributed by atoms with Crippen molar-refractivity contribution in [1.29, 1.82) is 0 Å². The lowest BCUT2D eigenvalue weighted by Gasteiger charge is -2.34. The minimum atomic E-state index is -0.0296. The van der Waals surface area contributed by atoms with Crippen molar-refractivity contribution in [3.05, 3.63) is 52.7 Å². The van der Waals surface area contributed by atoms with E-state index in [1.807, 2.05) is 24.2 Å². The standard InChI is InChI=1S/C19H22N4O2S/c1-21-14-15(13-20-21)17-4-5-18(25-17)19(24)23-10-8-22(9-11-23)7-6-16-3-2-12-26-16/h2-5,12-14H,6-11H2,1H3. The van der Waals surface area contributed by atoms with Gasteiger partial charge in [-0.1, -0.05) is 6.07 Å². The van der Waals surface area contributed by atoms with Crippen molar-refractivity contribution < 1.29 is 9.21 Å². The number of piperazine rings is 1. The monoisotopic (exact) mass is 370 g/mol. The van der Waals surface area contributed by atoms with E-state index in [9.17, 15) is 4.79 Å². The second-order valence-corrected chi connectivity index (χ2v) is 7.56. The Labute approximate surface area is 156 Å². The summed E-state index contributed by atoms with van der Waals surface area (Å²) in [5.74, 6) is 1.05. The van der Waals surface area contributed by atoms with E-state index in [1.54, 1.807) is 28.3 Å². The van der Waals surface area contributed by atoms with Gasteiger partial charge in [0.1, 0.15) is 5.76 Å². The maximum Gasteiger partial charge on any atom is 0.289 e. The van der Waals surface area contributed by atoms with Crippen LogP contribution in [0.3, 0.4) is 0 Å². The lowest BCUT2D eigenvalue weighted by atomic mass is 10.2. The highest BCUT2D eigenvalue weighted by atomic mass is 32.1. The van der Waals surface area contributed by atoms with Gasteiger partial charge in [0.2, 0.25) is 0 Å². The highest BCUT2D eigenvalue weighted by Gasteiger charge is 2.24. The molecule has 1 aliphatic heterocycles. The zero-order valence-corrected chi connectivity index (χ0v) is 15.6. The number of thiophene rings is 1. The zero-order chi connectivity index (χ0) is 17.9. The fraction of sp³-hybridized carbons (Fsp3) is 0.368. The van der Waals surface area contributed by atoms with E-state index in [2.05, 4.69) is 27.5 Å². The van der Waals surface area contributed by atoms with Gasteiger partial charge in [0, 0.05) is 50.8 Å². The molecule has 1 aliphatic rings. The van der Waals surface area contributed by atoms with Gasteiger partial charge in [0.25, 0.3) is 5.91 Å². The van der Waals surface area contributed by atoms with Crippen LogP contribution in [0.15, 0.2) is 46.5 Å². The topological polar surface area (TPSA) is 54.5 Å². The first kappa shape index (κ1) is 17.1. The van der Waals surface area contributed by atoms with Crippen LogP contribution in [0.5, 0.6) is 0 Å². The first-order valence-electron chi connectivity index (χ1n) is 8.82. The van der Waals surface area contributed by atoms with E-state index in [0.29, 0.717) is 11.5 Å². The Hall–Kier alpha value is -2.38. The molecule has 0 spiro atoms. The number of furan rings is 1. The first-order valence-corrected chi connectivity index (χ1v) is 9.70. The van der Waals surface area contributed by atoms with Crippen LogP contribution >= 0.6 is 11.3 Å². The summed E-state index contributed by atoms with van der Waals surface area (Å²) in [4.78, 5) is 18.4. The Balaban J connectivity index is 1.31. The molecule has 1 saturated heterocycles. The van der Waals surface area contributed by atoms with Gasteiger partial charge in [0.05, 0.1) is 11.8 Å². The van der Waals surface area contributed by atoms with Gasteiger partial charge in [-0.3, -0.25) is 14.4 Å². The molecule has 0 bridgehead atoms. The molecule has 4 heterocycles. The molecule has 0 atom stereocenters. The zero-order valence-electron chi connectivity index (χ0n) is 14.8. The molecule has 1 fully saturated rings. The van der Waals surface area contributed by atoms with E-state index in [1.165, 1.54) is 4.88 Å². The molecule has 26 heavy (non-hydrogen) atoms. The predicted molar refractivity (Wildman–Crippen MR) is 101 cm³/mol. The molecule has 0 radical (unpaired) electrons. The normalized spacial score (nSPS) is 15.5. The summed E-state index contributed by atoms with van der Waals surface area (Å²) < 4.78 is 7.48. The van der Waals surface area contributed by atoms with E-state index in [-0.39, 0.29) is 5.91 Å². The van der Waals surface area contributed by atoms with Crippen LogP contribution in [-0.4, -0.2) is 58.2 Å². The lowest BCUT2D eigenvalue weighted by molar-refractivity contribution is 0.0609. The predicted octanol–water partition coefficient (Wildman–Crippen LogP) is 2.74. The molecule has 4 rings (SSSR count). The highest BCUT2D eigenvalue weighted by molar-refractivity contribution is 7.09. The van der Waals surface area contributed by atoms with Crippen LogP contribution in [-0.2, 0) is 13.5 Å². The van der Waals surface area contributed by atoms with Crippen LogP contribution in [0.25, 0.3) is 11.3 Å². The molecule has 0 saturated carbocycles. The summed E-state index contributed by atoms with van der Waals surface area (Å²) in [7, 11) is 1.86. The molecule has 0 unspecified atom stereocenters. The van der Waals surface area contributed by atoms with Crippen LogP contribution in [0, 0.1) is 0 Å². The van der Waals surface area contributed by atoms with Crippen molar-refractivity contribution in [2.24, 2.45) is 7.05 Å². The third kappa shape index (κ3) is 3.73. The largest absolute Gasteiger partial charge is 0.451 e. The quantitative estimate of drug-likeness (QED) is 0.693. The van der Waals surface area contributed by atoms with Gasteiger partial charge in [-0.25, -0.2) is 0 Å². The number of nitrogens with zero attached hydrogens (tertiary/aromatic N) is 4. The molecule has 0 aliphatic carbocycles. The van der Waals surface area contributed by atoms with Gasteiger partial charge in [-0.15, -0.1) is 11.3 Å². The number of hydrogen-bond acceptors (Lipinski definition) is 5. The van der Waals surface area contributed by atoms with Crippen LogP contribution < -0.4 is 0 Å². The van der Waals surface area contributed by atoms with E-state index >= 15 is 0 Å². The molecule has 136 valence electrons. The Morgan fingerprint density at radius 2 is 2.08 bits per heavy atom. The average molecular weight is 370 g/mol. The second-order valence-electron chi connectivity index (χ2n) is 6.53. The van der Waals surface area contributed by atoms with E-state index in [0.717, 1.165) is 44.7 Å². The van der Waals surface area contributed by atoms with Crippen molar-refractivity contribution in [2.75, 3.05) is 32.7 Å². The molecule has 3 aromatic rings. The number of hydrogen-bond donors (Lipinski definition) is 0. The fourth-order valence-electron chi connectivity index (χ4n) is 3.21. The summed E-state index contributed by atoms with van der Waals surface area (Å²) in [6, 6.07) is 7.87. The van der Waals surface area contributed by atoms with Gasteiger partial charge >= 0.3 is 0 Å². The van der Waals surface area contributed by atoms with Crippen molar-refractivity contribution >= 4 is 17.2 Å². The molecule has 7 heteroatoms. The summed E-state index contributed by atoms with van der Waals surface area (Å²) in [6.45, 7) is 4.35. The third-order valence-corrected chi connectivity index (χ3v) is 5.66. The maximum absolute atomic E-state index is 12.7. The van der Waals surface area contributed by atoms with Crippen LogP contribution in [0.2, 0.25) is 0 Å². The van der Waals surface area contributed by atoms with Crippen LogP contribution in [0.4, 0.5) is 0 Å². The van der Waals surface area contributed by atoms with Gasteiger partial charge in [-0.05, 0) is 30.0 Å². The average Bonchev–Trinajstić information content (AvgIpc) is 3.41. The molecule has 3 aromatic heterocycles. The minimum Gasteiger partial charge on any atom is -0.451 e. The number of aryl methyl sites for hydroxylation is 1. The molecular formula is C19H22N4O2S. The van der Waals surface area contributed by atoms with Gasteiger partial charge < -0.3 is 9.32 Å². The maximum atomic E-state index is 12.7. The van der Waals surface area contributed by atoms with E-state index in [4.69, 9.17) is 4.42 Å². The second kappa shape index (κ2) is 7.47. The molecule has 1 amide bonds.